The van der Waals surface area contributed by atoms with Crippen LogP contribution in [0.3, 0.4) is 0 Å². The van der Waals surface area contributed by atoms with Crippen molar-refractivity contribution in [1.29, 1.82) is 0 Å². The summed E-state index contributed by atoms with van der Waals surface area (Å²) < 4.78 is 0. The lowest BCUT2D eigenvalue weighted by Crippen LogP contribution is -2.45. The fraction of sp³-hybridized carbons (Fsp3) is 0.286. The normalized spacial score (nSPS) is 28.0. The number of rotatable bonds is 1. The lowest BCUT2D eigenvalue weighted by Gasteiger charge is -2.24. The molecule has 0 heterocycles. The molecule has 0 aliphatic heterocycles. The molecule has 0 radical (unpaired) electrons. The second-order valence-corrected chi connectivity index (χ2v) is 3.60. The standard InChI is InChI=1S/C7H8Cl2N2O/c8-5-2-1-3-7(9,4-5)11-6(10)12/h1-2,4H,3H2,(H3,10,11,12). The van der Waals surface area contributed by atoms with Gasteiger partial charge in [-0.2, -0.15) is 0 Å². The second kappa shape index (κ2) is 3.37. The first-order valence-corrected chi connectivity index (χ1v) is 4.09. The van der Waals surface area contributed by atoms with E-state index in [1.165, 1.54) is 0 Å². The summed E-state index contributed by atoms with van der Waals surface area (Å²) in [5.74, 6) is 0. The van der Waals surface area contributed by atoms with Crippen LogP contribution >= 0.6 is 23.2 Å². The van der Waals surface area contributed by atoms with Crippen LogP contribution in [-0.2, 0) is 0 Å². The van der Waals surface area contributed by atoms with Crippen molar-refractivity contribution in [2.45, 2.75) is 11.4 Å². The highest BCUT2D eigenvalue weighted by atomic mass is 35.5. The number of carbonyl (C=O) groups excluding carboxylic acids is 1. The van der Waals surface area contributed by atoms with Gasteiger partial charge in [0, 0.05) is 11.5 Å². The number of hydrogen-bond acceptors (Lipinski definition) is 1. The maximum Gasteiger partial charge on any atom is 0.313 e. The Morgan fingerprint density at radius 1 is 1.75 bits per heavy atom. The fourth-order valence-electron chi connectivity index (χ4n) is 0.961. The third-order valence-electron chi connectivity index (χ3n) is 1.39. The molecule has 3 N–H and O–H groups in total. The van der Waals surface area contributed by atoms with Gasteiger partial charge in [0.2, 0.25) is 0 Å². The van der Waals surface area contributed by atoms with E-state index in [0.717, 1.165) is 0 Å². The van der Waals surface area contributed by atoms with Gasteiger partial charge in [0.1, 0.15) is 5.00 Å². The first-order chi connectivity index (χ1) is 5.52. The molecule has 0 spiro atoms. The number of halogens is 2. The minimum absolute atomic E-state index is 0.480. The highest BCUT2D eigenvalue weighted by Gasteiger charge is 2.26. The monoisotopic (exact) mass is 206 g/mol. The third kappa shape index (κ3) is 2.43. The van der Waals surface area contributed by atoms with Crippen LogP contribution in [0.4, 0.5) is 4.79 Å². The molecule has 0 aromatic carbocycles. The highest BCUT2D eigenvalue weighted by Crippen LogP contribution is 2.26. The Kier molecular flexibility index (Phi) is 2.65. The van der Waals surface area contributed by atoms with Gasteiger partial charge in [0.05, 0.1) is 0 Å². The van der Waals surface area contributed by atoms with Gasteiger partial charge in [-0.1, -0.05) is 29.3 Å². The molecule has 1 unspecified atom stereocenters. The number of nitrogens with one attached hydrogen (secondary N) is 1. The molecule has 0 bridgehead atoms. The van der Waals surface area contributed by atoms with Gasteiger partial charge in [-0.25, -0.2) is 4.79 Å². The Morgan fingerprint density at radius 3 is 2.92 bits per heavy atom. The van der Waals surface area contributed by atoms with Crippen LogP contribution < -0.4 is 11.1 Å². The van der Waals surface area contributed by atoms with E-state index in [1.54, 1.807) is 18.2 Å². The molecule has 12 heavy (non-hydrogen) atoms. The minimum Gasteiger partial charge on any atom is -0.352 e. The van der Waals surface area contributed by atoms with Crippen molar-refractivity contribution in [3.8, 4) is 0 Å². The van der Waals surface area contributed by atoms with Crippen LogP contribution in [0, 0.1) is 0 Å². The largest absolute Gasteiger partial charge is 0.352 e. The van der Waals surface area contributed by atoms with Gasteiger partial charge < -0.3 is 11.1 Å². The summed E-state index contributed by atoms with van der Waals surface area (Å²) in [6, 6.07) is -0.666. The first-order valence-electron chi connectivity index (χ1n) is 3.33. The van der Waals surface area contributed by atoms with Crippen molar-refractivity contribution in [1.82, 2.24) is 5.32 Å². The van der Waals surface area contributed by atoms with Crippen molar-refractivity contribution >= 4 is 29.2 Å². The Labute approximate surface area is 80.2 Å². The smallest absolute Gasteiger partial charge is 0.313 e. The van der Waals surface area contributed by atoms with E-state index in [2.05, 4.69) is 5.32 Å². The number of allylic oxidation sites excluding steroid dienone is 2. The van der Waals surface area contributed by atoms with Gasteiger partial charge in [-0.05, 0) is 12.2 Å². The minimum atomic E-state index is -0.961. The number of nitrogens with two attached hydrogens (primary N) is 1. The van der Waals surface area contributed by atoms with Crippen molar-refractivity contribution in [3.05, 3.63) is 23.3 Å². The van der Waals surface area contributed by atoms with Gasteiger partial charge in [0.25, 0.3) is 0 Å². The summed E-state index contributed by atoms with van der Waals surface area (Å²) in [7, 11) is 0. The maximum absolute atomic E-state index is 10.5. The van der Waals surface area contributed by atoms with Crippen molar-refractivity contribution in [2.24, 2.45) is 5.73 Å². The average Bonchev–Trinajstić information content (AvgIpc) is 1.82. The lowest BCUT2D eigenvalue weighted by molar-refractivity contribution is 0.245. The molecule has 0 fully saturated rings. The van der Waals surface area contributed by atoms with Crippen LogP contribution in [0.25, 0.3) is 0 Å². The van der Waals surface area contributed by atoms with Gasteiger partial charge in [-0.3, -0.25) is 0 Å². The summed E-state index contributed by atoms with van der Waals surface area (Å²) in [4.78, 5) is 9.55. The Balaban J connectivity index is 2.73. The quantitative estimate of drug-likeness (QED) is 0.498. The molecule has 1 aliphatic carbocycles. The molecule has 5 heteroatoms. The van der Waals surface area contributed by atoms with E-state index in [-0.39, 0.29) is 0 Å². The third-order valence-corrected chi connectivity index (χ3v) is 1.98. The SMILES string of the molecule is NC(=O)NC1(Cl)C=C(Cl)C=CC1. The van der Waals surface area contributed by atoms with E-state index < -0.39 is 11.0 Å². The molecule has 3 nitrogen and oxygen atoms in total. The number of primary amides is 1. The molecule has 1 aliphatic rings. The highest BCUT2D eigenvalue weighted by molar-refractivity contribution is 6.33. The molecular weight excluding hydrogens is 199 g/mol. The topological polar surface area (TPSA) is 55.1 Å². The zero-order chi connectivity index (χ0) is 9.19. The molecule has 0 aromatic rings. The van der Waals surface area contributed by atoms with E-state index in [1.807, 2.05) is 0 Å². The zero-order valence-corrected chi connectivity index (χ0v) is 7.69. The van der Waals surface area contributed by atoms with Crippen molar-refractivity contribution < 1.29 is 4.79 Å². The molecule has 0 saturated carbocycles. The van der Waals surface area contributed by atoms with Crippen molar-refractivity contribution in [2.75, 3.05) is 0 Å². The van der Waals surface area contributed by atoms with E-state index in [0.29, 0.717) is 11.5 Å². The van der Waals surface area contributed by atoms with Crippen LogP contribution in [0.1, 0.15) is 6.42 Å². The van der Waals surface area contributed by atoms with E-state index >= 15 is 0 Å². The molecule has 1 atom stereocenters. The lowest BCUT2D eigenvalue weighted by atomic mass is 10.1. The Bertz CT molecular complexity index is 262. The number of alkyl halides is 1. The molecule has 2 amide bonds. The van der Waals surface area contributed by atoms with Gasteiger partial charge >= 0.3 is 6.03 Å². The van der Waals surface area contributed by atoms with E-state index in [9.17, 15) is 4.79 Å². The first kappa shape index (κ1) is 9.42. The predicted octanol–water partition coefficient (Wildman–Crippen LogP) is 1.67. The number of carbonyl (C=O) groups is 1. The molecule has 66 valence electrons. The predicted molar refractivity (Wildman–Crippen MR) is 49.0 cm³/mol. The molecular formula is C7H8Cl2N2O. The molecule has 0 saturated heterocycles. The number of hydrogen-bond donors (Lipinski definition) is 2. The zero-order valence-electron chi connectivity index (χ0n) is 6.18. The van der Waals surface area contributed by atoms with Crippen molar-refractivity contribution in [3.63, 3.8) is 0 Å². The van der Waals surface area contributed by atoms with Crippen LogP contribution in [0.2, 0.25) is 0 Å². The Hall–Kier alpha value is -0.670. The number of amides is 2. The fourth-order valence-corrected chi connectivity index (χ4v) is 1.59. The molecule has 1 rings (SSSR count). The summed E-state index contributed by atoms with van der Waals surface area (Å²) in [5.41, 5.74) is 4.92. The molecule has 0 aromatic heterocycles. The van der Waals surface area contributed by atoms with Crippen LogP contribution in [-0.4, -0.2) is 11.0 Å². The average molecular weight is 207 g/mol. The van der Waals surface area contributed by atoms with Gasteiger partial charge in [0.15, 0.2) is 0 Å². The summed E-state index contributed by atoms with van der Waals surface area (Å²) >= 11 is 11.6. The van der Waals surface area contributed by atoms with Crippen LogP contribution in [0.5, 0.6) is 0 Å². The summed E-state index contributed by atoms with van der Waals surface area (Å²) in [5, 5.41) is 2.87. The number of urea groups is 1. The van der Waals surface area contributed by atoms with E-state index in [4.69, 9.17) is 28.9 Å². The van der Waals surface area contributed by atoms with Crippen LogP contribution in [0.15, 0.2) is 23.3 Å². The van der Waals surface area contributed by atoms with Gasteiger partial charge in [-0.15, -0.1) is 0 Å². The maximum atomic E-state index is 10.5. The Morgan fingerprint density at radius 2 is 2.42 bits per heavy atom. The second-order valence-electron chi connectivity index (χ2n) is 2.49. The summed E-state index contributed by atoms with van der Waals surface area (Å²) in [6.07, 6.45) is 5.50. The summed E-state index contributed by atoms with van der Waals surface area (Å²) in [6.45, 7) is 0.